The smallest absolute Gasteiger partial charge is 0.123 e. The number of ether oxygens (including phenoxy) is 2. The molecule has 0 aromatic heterocycles. The first-order valence-corrected chi connectivity index (χ1v) is 7.20. The van der Waals surface area contributed by atoms with E-state index >= 15 is 0 Å². The third kappa shape index (κ3) is 5.12. The Hall–Kier alpha value is -1.10. The first-order chi connectivity index (χ1) is 9.62. The fraction of sp³-hybridized carbons (Fsp3) is 0.625. The van der Waals surface area contributed by atoms with Crippen LogP contribution in [0.2, 0.25) is 0 Å². The van der Waals surface area contributed by atoms with Crippen LogP contribution in [-0.2, 0) is 4.74 Å². The van der Waals surface area contributed by atoms with Gasteiger partial charge < -0.3 is 19.7 Å². The van der Waals surface area contributed by atoms with E-state index in [-0.39, 0.29) is 6.04 Å². The van der Waals surface area contributed by atoms with E-state index in [1.54, 1.807) is 7.11 Å². The van der Waals surface area contributed by atoms with Gasteiger partial charge >= 0.3 is 0 Å². The number of nitrogens with zero attached hydrogens (tertiary/aromatic N) is 1. The van der Waals surface area contributed by atoms with Crippen molar-refractivity contribution in [3.05, 3.63) is 29.3 Å². The molecule has 0 bridgehead atoms. The van der Waals surface area contributed by atoms with Crippen LogP contribution < -0.4 is 10.1 Å². The number of hydrogen-bond acceptors (Lipinski definition) is 4. The highest BCUT2D eigenvalue weighted by atomic mass is 16.5. The summed E-state index contributed by atoms with van der Waals surface area (Å²) in [7, 11) is 5.83. The fourth-order valence-electron chi connectivity index (χ4n) is 2.24. The Labute approximate surface area is 123 Å². The van der Waals surface area contributed by atoms with Crippen LogP contribution in [0.5, 0.6) is 5.75 Å². The highest BCUT2D eigenvalue weighted by molar-refractivity contribution is 5.39. The van der Waals surface area contributed by atoms with Crippen LogP contribution in [0, 0.1) is 6.92 Å². The number of aryl methyl sites for hydroxylation is 1. The maximum Gasteiger partial charge on any atom is 0.123 e. The number of methoxy groups -OCH3 is 1. The molecule has 1 unspecified atom stereocenters. The van der Waals surface area contributed by atoms with E-state index in [9.17, 15) is 0 Å². The van der Waals surface area contributed by atoms with Gasteiger partial charge in [0.2, 0.25) is 0 Å². The minimum absolute atomic E-state index is 0.247. The summed E-state index contributed by atoms with van der Waals surface area (Å²) in [5.74, 6) is 0.938. The second-order valence-electron chi connectivity index (χ2n) is 5.05. The maximum atomic E-state index is 5.48. The van der Waals surface area contributed by atoms with Crippen LogP contribution in [0.25, 0.3) is 0 Å². The van der Waals surface area contributed by atoms with E-state index in [1.165, 1.54) is 11.1 Å². The molecule has 0 aliphatic heterocycles. The fourth-order valence-corrected chi connectivity index (χ4v) is 2.24. The number of nitrogens with one attached hydrogen (secondary N) is 1. The van der Waals surface area contributed by atoms with E-state index < -0.39 is 0 Å². The average molecular weight is 280 g/mol. The molecule has 0 saturated heterocycles. The molecule has 0 aliphatic rings. The second-order valence-corrected chi connectivity index (χ2v) is 5.05. The molecule has 1 rings (SSSR count). The molecule has 1 aromatic rings. The largest absolute Gasteiger partial charge is 0.496 e. The van der Waals surface area contributed by atoms with Crippen molar-refractivity contribution in [1.82, 2.24) is 10.2 Å². The van der Waals surface area contributed by atoms with Gasteiger partial charge in [0, 0.05) is 31.3 Å². The normalized spacial score (nSPS) is 12.7. The summed E-state index contributed by atoms with van der Waals surface area (Å²) in [6, 6.07) is 6.55. The van der Waals surface area contributed by atoms with Gasteiger partial charge in [0.1, 0.15) is 5.75 Å². The molecule has 20 heavy (non-hydrogen) atoms. The molecule has 4 nitrogen and oxygen atoms in total. The van der Waals surface area contributed by atoms with Gasteiger partial charge in [0.15, 0.2) is 0 Å². The Bertz CT molecular complexity index is 396. The van der Waals surface area contributed by atoms with Gasteiger partial charge in [-0.2, -0.15) is 0 Å². The summed E-state index contributed by atoms with van der Waals surface area (Å²) in [5.41, 5.74) is 2.45. The Morgan fingerprint density at radius 1 is 1.35 bits per heavy atom. The van der Waals surface area contributed by atoms with Crippen molar-refractivity contribution in [3.8, 4) is 5.75 Å². The molecule has 1 atom stereocenters. The molecule has 0 amide bonds. The quantitative estimate of drug-likeness (QED) is 0.703. The van der Waals surface area contributed by atoms with Crippen molar-refractivity contribution in [3.63, 3.8) is 0 Å². The highest BCUT2D eigenvalue weighted by Gasteiger charge is 2.16. The van der Waals surface area contributed by atoms with E-state index in [0.717, 1.165) is 32.1 Å². The lowest BCUT2D eigenvalue weighted by Gasteiger charge is -2.25. The summed E-state index contributed by atoms with van der Waals surface area (Å²) in [4.78, 5) is 2.28. The zero-order valence-electron chi connectivity index (χ0n) is 13.4. The molecule has 0 spiro atoms. The van der Waals surface area contributed by atoms with Crippen LogP contribution in [0.3, 0.4) is 0 Å². The van der Waals surface area contributed by atoms with Crippen LogP contribution in [0.15, 0.2) is 18.2 Å². The molecule has 0 saturated carbocycles. The summed E-state index contributed by atoms with van der Waals surface area (Å²) >= 11 is 0. The van der Waals surface area contributed by atoms with Gasteiger partial charge in [0.05, 0.1) is 13.7 Å². The highest BCUT2D eigenvalue weighted by Crippen LogP contribution is 2.26. The topological polar surface area (TPSA) is 33.7 Å². The molecular formula is C16H28N2O2. The molecule has 4 heteroatoms. The summed E-state index contributed by atoms with van der Waals surface area (Å²) in [6.45, 7) is 7.52. The van der Waals surface area contributed by atoms with Crippen LogP contribution in [-0.4, -0.2) is 52.4 Å². The van der Waals surface area contributed by atoms with E-state index in [4.69, 9.17) is 9.47 Å². The van der Waals surface area contributed by atoms with E-state index in [2.05, 4.69) is 36.3 Å². The average Bonchev–Trinajstić information content (AvgIpc) is 2.45. The maximum absolute atomic E-state index is 5.48. The minimum Gasteiger partial charge on any atom is -0.496 e. The van der Waals surface area contributed by atoms with Gasteiger partial charge in [0.25, 0.3) is 0 Å². The van der Waals surface area contributed by atoms with Gasteiger partial charge in [-0.25, -0.2) is 0 Å². The molecule has 0 aliphatic carbocycles. The molecule has 0 radical (unpaired) electrons. The predicted molar refractivity (Wildman–Crippen MR) is 83.5 cm³/mol. The predicted octanol–water partition coefficient (Wildman–Crippen LogP) is 2.23. The molecule has 0 heterocycles. The van der Waals surface area contributed by atoms with Gasteiger partial charge in [-0.3, -0.25) is 0 Å². The molecule has 114 valence electrons. The second kappa shape index (κ2) is 8.95. The van der Waals surface area contributed by atoms with Crippen molar-refractivity contribution in [2.45, 2.75) is 19.9 Å². The van der Waals surface area contributed by atoms with Crippen LogP contribution in [0.4, 0.5) is 0 Å². The van der Waals surface area contributed by atoms with Gasteiger partial charge in [-0.05, 0) is 34.0 Å². The number of likely N-dealkylation sites (N-methyl/N-ethyl adjacent to an activating group) is 2. The Morgan fingerprint density at radius 3 is 2.70 bits per heavy atom. The molecule has 1 N–H and O–H groups in total. The first-order valence-electron chi connectivity index (χ1n) is 7.20. The molecule has 1 aromatic carbocycles. The first kappa shape index (κ1) is 17.0. The van der Waals surface area contributed by atoms with Crippen molar-refractivity contribution in [2.24, 2.45) is 0 Å². The monoisotopic (exact) mass is 280 g/mol. The zero-order chi connectivity index (χ0) is 15.0. The van der Waals surface area contributed by atoms with E-state index in [0.29, 0.717) is 0 Å². The third-order valence-electron chi connectivity index (χ3n) is 3.42. The van der Waals surface area contributed by atoms with Gasteiger partial charge in [-0.1, -0.05) is 17.7 Å². The minimum atomic E-state index is 0.247. The Balaban J connectivity index is 2.72. The lowest BCUT2D eigenvalue weighted by atomic mass is 10.0. The standard InChI is InChI=1S/C16H28N2O2/c1-6-20-10-9-18(4)12-15(17-3)14-11-13(2)7-8-16(14)19-5/h7-8,11,15,17H,6,9-10,12H2,1-5H3. The van der Waals surface area contributed by atoms with Crippen molar-refractivity contribution >= 4 is 0 Å². The number of rotatable bonds is 9. The van der Waals surface area contributed by atoms with Crippen LogP contribution in [0.1, 0.15) is 24.1 Å². The SMILES string of the molecule is CCOCCN(C)CC(NC)c1cc(C)ccc1OC. The Morgan fingerprint density at radius 2 is 2.10 bits per heavy atom. The van der Waals surface area contributed by atoms with Crippen molar-refractivity contribution < 1.29 is 9.47 Å². The number of benzene rings is 1. The van der Waals surface area contributed by atoms with Crippen molar-refractivity contribution in [1.29, 1.82) is 0 Å². The number of hydrogen-bond donors (Lipinski definition) is 1. The summed E-state index contributed by atoms with van der Waals surface area (Å²) in [5, 5.41) is 3.38. The van der Waals surface area contributed by atoms with Crippen molar-refractivity contribution in [2.75, 3.05) is 47.5 Å². The van der Waals surface area contributed by atoms with Gasteiger partial charge in [-0.15, -0.1) is 0 Å². The summed E-state index contributed by atoms with van der Waals surface area (Å²) in [6.07, 6.45) is 0. The molecular weight excluding hydrogens is 252 g/mol. The third-order valence-corrected chi connectivity index (χ3v) is 3.42. The lowest BCUT2D eigenvalue weighted by Crippen LogP contribution is -2.33. The Kier molecular flexibility index (Phi) is 7.59. The summed E-state index contributed by atoms with van der Waals surface area (Å²) < 4.78 is 10.9. The lowest BCUT2D eigenvalue weighted by molar-refractivity contribution is 0.119. The van der Waals surface area contributed by atoms with E-state index in [1.807, 2.05) is 20.0 Å². The zero-order valence-corrected chi connectivity index (χ0v) is 13.4. The van der Waals surface area contributed by atoms with Crippen LogP contribution >= 0.6 is 0 Å². The molecule has 0 fully saturated rings.